The van der Waals surface area contributed by atoms with Crippen LogP contribution in [-0.4, -0.2) is 19.2 Å². The van der Waals surface area contributed by atoms with Crippen molar-refractivity contribution in [1.82, 2.24) is 0 Å². The lowest BCUT2D eigenvalue weighted by atomic mass is 9.91. The maximum Gasteiger partial charge on any atom is 0.311 e. The number of fused-ring (bicyclic) bond motifs is 1. The monoisotopic (exact) mass is 424 g/mol. The molecule has 0 unspecified atom stereocenters. The molecular weight excluding hydrogens is 391 g/mol. The van der Waals surface area contributed by atoms with Crippen molar-refractivity contribution in [3.8, 4) is 5.75 Å². The molecule has 1 aliphatic carbocycles. The van der Waals surface area contributed by atoms with Gasteiger partial charge in [-0.3, -0.25) is 4.79 Å². The normalized spacial score (nSPS) is 14.1. The molecule has 0 saturated heterocycles. The van der Waals surface area contributed by atoms with Crippen molar-refractivity contribution in [3.05, 3.63) is 65.2 Å². The molecule has 3 nitrogen and oxygen atoms in total. The molecule has 0 N–H and O–H groups in total. The first-order chi connectivity index (χ1) is 14.9. The highest BCUT2D eigenvalue weighted by Gasteiger charge is 2.26. The van der Waals surface area contributed by atoms with Gasteiger partial charge in [0.05, 0.1) is 18.6 Å². The summed E-state index contributed by atoms with van der Waals surface area (Å²) in [6.07, 6.45) is 4.79. The minimum Gasteiger partial charge on any atom is -0.494 e. The Labute approximate surface area is 185 Å². The number of carbonyl (C=O) groups is 1. The summed E-state index contributed by atoms with van der Waals surface area (Å²) in [5.41, 5.74) is 2.98. The van der Waals surface area contributed by atoms with E-state index in [1.807, 2.05) is 69.3 Å². The van der Waals surface area contributed by atoms with E-state index in [0.717, 1.165) is 61.0 Å². The van der Waals surface area contributed by atoms with Gasteiger partial charge >= 0.3 is 5.97 Å². The Hall–Kier alpha value is -2.62. The Morgan fingerprint density at radius 3 is 2.52 bits per heavy atom. The summed E-state index contributed by atoms with van der Waals surface area (Å²) in [6.45, 7) is 6.74. The van der Waals surface area contributed by atoms with Crippen LogP contribution in [0.3, 0.4) is 0 Å². The molecule has 31 heavy (non-hydrogen) atoms. The molecule has 1 aliphatic rings. The number of allylic oxidation sites excluding steroid dienone is 1. The fourth-order valence-corrected chi connectivity index (χ4v) is 3.62. The van der Waals surface area contributed by atoms with Crippen LogP contribution in [0.15, 0.2) is 48.5 Å². The van der Waals surface area contributed by atoms with Crippen molar-refractivity contribution in [2.45, 2.75) is 59.3 Å². The molecule has 0 spiro atoms. The highest BCUT2D eigenvalue weighted by Crippen LogP contribution is 2.37. The second kappa shape index (κ2) is 10.6. The van der Waals surface area contributed by atoms with Gasteiger partial charge in [0, 0.05) is 5.56 Å². The van der Waals surface area contributed by atoms with Gasteiger partial charge in [-0.15, -0.1) is 0 Å². The van der Waals surface area contributed by atoms with Crippen LogP contribution >= 0.6 is 0 Å². The largest absolute Gasteiger partial charge is 0.494 e. The van der Waals surface area contributed by atoms with Crippen molar-refractivity contribution in [2.24, 2.45) is 5.41 Å². The van der Waals surface area contributed by atoms with Crippen LogP contribution in [0, 0.1) is 5.41 Å². The number of ether oxygens (including phenoxy) is 2. The van der Waals surface area contributed by atoms with Gasteiger partial charge < -0.3 is 9.47 Å². The molecule has 0 fully saturated rings. The number of carbonyl (C=O) groups excluding carboxylic acids is 1. The van der Waals surface area contributed by atoms with Crippen molar-refractivity contribution in [1.29, 1.82) is 0 Å². The molecule has 3 rings (SSSR count). The lowest BCUT2D eigenvalue weighted by Crippen LogP contribution is -2.26. The fraction of sp³-hybridized carbons (Fsp3) is 0.444. The number of halogens is 1. The lowest BCUT2D eigenvalue weighted by Gasteiger charge is -2.20. The number of hydrogen-bond donors (Lipinski definition) is 0. The Morgan fingerprint density at radius 2 is 1.77 bits per heavy atom. The maximum absolute atomic E-state index is 15.3. The van der Waals surface area contributed by atoms with Crippen LogP contribution < -0.4 is 4.74 Å². The zero-order chi connectivity index (χ0) is 22.3. The van der Waals surface area contributed by atoms with Crippen LogP contribution in [-0.2, 0) is 16.0 Å². The van der Waals surface area contributed by atoms with E-state index in [0.29, 0.717) is 18.8 Å². The Kier molecular flexibility index (Phi) is 7.89. The molecule has 0 bridgehead atoms. The average Bonchev–Trinajstić information content (AvgIpc) is 2.95. The zero-order valence-corrected chi connectivity index (χ0v) is 18.9. The second-order valence-corrected chi connectivity index (χ2v) is 8.76. The van der Waals surface area contributed by atoms with E-state index in [1.54, 1.807) is 0 Å². The first-order valence-electron chi connectivity index (χ1n) is 11.3. The second-order valence-electron chi connectivity index (χ2n) is 8.76. The van der Waals surface area contributed by atoms with Crippen molar-refractivity contribution < 1.29 is 18.7 Å². The predicted octanol–water partition coefficient (Wildman–Crippen LogP) is 7.00. The minimum atomic E-state index is -0.428. The average molecular weight is 425 g/mol. The number of rotatable bonds is 9. The molecule has 0 aliphatic heterocycles. The van der Waals surface area contributed by atoms with Crippen molar-refractivity contribution >= 4 is 17.4 Å². The van der Waals surface area contributed by atoms with E-state index in [-0.39, 0.29) is 11.8 Å². The van der Waals surface area contributed by atoms with E-state index in [1.165, 1.54) is 0 Å². The SMILES string of the molecule is CCC(C)(C)C(=O)OCCCCOc1ccc2c(c1)CCCC(c1ccccc1)=C2F. The van der Waals surface area contributed by atoms with Crippen LogP contribution in [0.2, 0.25) is 0 Å². The Morgan fingerprint density at radius 1 is 1.03 bits per heavy atom. The number of unbranched alkanes of at least 4 members (excludes halogenated alkanes) is 1. The van der Waals surface area contributed by atoms with E-state index < -0.39 is 5.41 Å². The van der Waals surface area contributed by atoms with Gasteiger partial charge in [0.15, 0.2) is 0 Å². The van der Waals surface area contributed by atoms with Gasteiger partial charge in [-0.25, -0.2) is 4.39 Å². The summed E-state index contributed by atoms with van der Waals surface area (Å²) in [5.74, 6) is 0.493. The highest BCUT2D eigenvalue weighted by atomic mass is 19.1. The summed E-state index contributed by atoms with van der Waals surface area (Å²) >= 11 is 0. The Balaban J connectivity index is 1.54. The molecule has 0 amide bonds. The van der Waals surface area contributed by atoms with Gasteiger partial charge in [0.25, 0.3) is 0 Å². The smallest absolute Gasteiger partial charge is 0.311 e. The van der Waals surface area contributed by atoms with Gasteiger partial charge in [0.1, 0.15) is 11.6 Å². The summed E-state index contributed by atoms with van der Waals surface area (Å²) in [5, 5.41) is 0. The van der Waals surface area contributed by atoms with Crippen molar-refractivity contribution in [2.75, 3.05) is 13.2 Å². The third kappa shape index (κ3) is 5.96. The Bertz CT molecular complexity index is 915. The van der Waals surface area contributed by atoms with Gasteiger partial charge in [-0.1, -0.05) is 37.3 Å². The van der Waals surface area contributed by atoms with Crippen LogP contribution in [0.1, 0.15) is 69.6 Å². The summed E-state index contributed by atoms with van der Waals surface area (Å²) in [6, 6.07) is 15.4. The molecule has 2 aromatic rings. The lowest BCUT2D eigenvalue weighted by molar-refractivity contribution is -0.154. The molecule has 0 radical (unpaired) electrons. The minimum absolute atomic E-state index is 0.123. The molecule has 0 aromatic heterocycles. The summed E-state index contributed by atoms with van der Waals surface area (Å²) < 4.78 is 26.5. The maximum atomic E-state index is 15.3. The molecule has 4 heteroatoms. The highest BCUT2D eigenvalue weighted by molar-refractivity contribution is 5.88. The molecule has 166 valence electrons. The number of aryl methyl sites for hydroxylation is 1. The van der Waals surface area contributed by atoms with E-state index >= 15 is 4.39 Å². The van der Waals surface area contributed by atoms with Gasteiger partial charge in [0.2, 0.25) is 0 Å². The molecule has 2 aromatic carbocycles. The molecule has 0 saturated carbocycles. The summed E-state index contributed by atoms with van der Waals surface area (Å²) in [7, 11) is 0. The molecular formula is C27H33FO3. The fourth-order valence-electron chi connectivity index (χ4n) is 3.62. The third-order valence-corrected chi connectivity index (χ3v) is 6.05. The van der Waals surface area contributed by atoms with E-state index in [4.69, 9.17) is 9.47 Å². The van der Waals surface area contributed by atoms with Crippen LogP contribution in [0.25, 0.3) is 11.4 Å². The quantitative estimate of drug-likeness (QED) is 0.321. The van der Waals surface area contributed by atoms with Crippen LogP contribution in [0.4, 0.5) is 4.39 Å². The predicted molar refractivity (Wildman–Crippen MR) is 124 cm³/mol. The number of benzene rings is 2. The van der Waals surface area contributed by atoms with Gasteiger partial charge in [-0.2, -0.15) is 0 Å². The number of hydrogen-bond acceptors (Lipinski definition) is 3. The zero-order valence-electron chi connectivity index (χ0n) is 18.9. The summed E-state index contributed by atoms with van der Waals surface area (Å²) in [4.78, 5) is 12.0. The van der Waals surface area contributed by atoms with Crippen LogP contribution in [0.5, 0.6) is 5.75 Å². The topological polar surface area (TPSA) is 35.5 Å². The standard InChI is InChI=1S/C27H33FO3/c1-4-27(2,3)26(29)31-18-9-8-17-30-22-15-16-24-21(19-22)13-10-14-23(25(24)28)20-11-6-5-7-12-20/h5-7,11-12,15-16,19H,4,8-10,13-14,17-18H2,1-3H3. The number of esters is 1. The van der Waals surface area contributed by atoms with E-state index in [2.05, 4.69) is 0 Å². The third-order valence-electron chi connectivity index (χ3n) is 6.05. The van der Waals surface area contributed by atoms with Gasteiger partial charge in [-0.05, 0) is 87.3 Å². The van der Waals surface area contributed by atoms with E-state index in [9.17, 15) is 4.79 Å². The first kappa shape index (κ1) is 23.1. The first-order valence-corrected chi connectivity index (χ1v) is 11.3. The van der Waals surface area contributed by atoms with Crippen molar-refractivity contribution in [3.63, 3.8) is 0 Å². The molecule has 0 heterocycles. The molecule has 0 atom stereocenters.